The van der Waals surface area contributed by atoms with E-state index in [0.29, 0.717) is 19.0 Å². The van der Waals surface area contributed by atoms with Crippen LogP contribution in [-0.2, 0) is 5.60 Å². The van der Waals surface area contributed by atoms with E-state index in [-0.39, 0.29) is 5.92 Å². The van der Waals surface area contributed by atoms with Gasteiger partial charge in [0.25, 0.3) is 0 Å². The number of aliphatic hydroxyl groups is 1. The van der Waals surface area contributed by atoms with Crippen molar-refractivity contribution < 1.29 is 14.6 Å². The van der Waals surface area contributed by atoms with Crippen LogP contribution in [0.15, 0.2) is 10.5 Å². The number of hydrogen-bond acceptors (Lipinski definition) is 3. The van der Waals surface area contributed by atoms with Crippen LogP contribution in [0, 0.1) is 0 Å². The maximum Gasteiger partial charge on any atom is 0.175 e. The van der Waals surface area contributed by atoms with E-state index in [1.807, 2.05) is 6.07 Å². The van der Waals surface area contributed by atoms with Gasteiger partial charge in [0.1, 0.15) is 13.2 Å². The van der Waals surface area contributed by atoms with E-state index in [0.717, 1.165) is 21.3 Å². The van der Waals surface area contributed by atoms with Gasteiger partial charge in [-0.1, -0.05) is 13.8 Å². The van der Waals surface area contributed by atoms with Crippen LogP contribution in [0.3, 0.4) is 0 Å². The fourth-order valence-electron chi connectivity index (χ4n) is 2.23. The minimum atomic E-state index is -0.905. The molecule has 0 fully saturated rings. The molecule has 2 rings (SSSR count). The summed E-state index contributed by atoms with van der Waals surface area (Å²) in [6, 6.07) is 1.90. The molecule has 1 aliphatic rings. The predicted octanol–water partition coefficient (Wildman–Crippen LogP) is 3.57. The van der Waals surface area contributed by atoms with Gasteiger partial charge in [-0.15, -0.1) is 0 Å². The third kappa shape index (κ3) is 2.36. The summed E-state index contributed by atoms with van der Waals surface area (Å²) >= 11 is 3.59. The van der Waals surface area contributed by atoms with E-state index >= 15 is 0 Å². The van der Waals surface area contributed by atoms with Crippen molar-refractivity contribution in [3.8, 4) is 11.5 Å². The Balaban J connectivity index is 2.69. The summed E-state index contributed by atoms with van der Waals surface area (Å²) in [6.07, 6.45) is 0. The molecular weight excluding hydrogens is 296 g/mol. The third-order valence-electron chi connectivity index (χ3n) is 3.05. The zero-order valence-corrected chi connectivity index (χ0v) is 12.8. The predicted molar refractivity (Wildman–Crippen MR) is 74.5 cm³/mol. The van der Waals surface area contributed by atoms with E-state index < -0.39 is 5.60 Å². The molecule has 0 spiro atoms. The summed E-state index contributed by atoms with van der Waals surface area (Å²) in [5.41, 5.74) is 1.05. The lowest BCUT2D eigenvalue weighted by molar-refractivity contribution is 0.0761. The molecule has 1 heterocycles. The molecule has 100 valence electrons. The van der Waals surface area contributed by atoms with Gasteiger partial charge < -0.3 is 14.6 Å². The van der Waals surface area contributed by atoms with Crippen LogP contribution in [0.5, 0.6) is 11.5 Å². The normalized spacial score (nSPS) is 15.1. The Bertz CT molecular complexity index is 461. The van der Waals surface area contributed by atoms with Gasteiger partial charge in [-0.05, 0) is 52.9 Å². The van der Waals surface area contributed by atoms with Gasteiger partial charge in [-0.3, -0.25) is 0 Å². The topological polar surface area (TPSA) is 38.7 Å². The van der Waals surface area contributed by atoms with Crippen molar-refractivity contribution in [3.05, 3.63) is 21.7 Å². The number of fused-ring (bicyclic) bond motifs is 1. The summed E-state index contributed by atoms with van der Waals surface area (Å²) in [5, 5.41) is 10.3. The van der Waals surface area contributed by atoms with E-state index in [2.05, 4.69) is 29.8 Å². The summed E-state index contributed by atoms with van der Waals surface area (Å²) < 4.78 is 12.2. The summed E-state index contributed by atoms with van der Waals surface area (Å²) in [4.78, 5) is 0. The molecule has 0 atom stereocenters. The van der Waals surface area contributed by atoms with E-state index in [9.17, 15) is 5.11 Å². The van der Waals surface area contributed by atoms with E-state index in [1.165, 1.54) is 0 Å². The average molecular weight is 315 g/mol. The van der Waals surface area contributed by atoms with Crippen LogP contribution in [0.25, 0.3) is 0 Å². The number of halogens is 1. The second-order valence-corrected chi connectivity index (χ2v) is 6.18. The van der Waals surface area contributed by atoms with Gasteiger partial charge in [0.2, 0.25) is 0 Å². The quantitative estimate of drug-likeness (QED) is 0.907. The van der Waals surface area contributed by atoms with Crippen LogP contribution < -0.4 is 9.47 Å². The molecule has 1 aromatic rings. The molecule has 0 unspecified atom stereocenters. The lowest BCUT2D eigenvalue weighted by atomic mass is 9.87. The Morgan fingerprint density at radius 1 is 1.28 bits per heavy atom. The smallest absolute Gasteiger partial charge is 0.175 e. The van der Waals surface area contributed by atoms with Crippen LogP contribution in [0.4, 0.5) is 0 Å². The Labute approximate surface area is 116 Å². The molecule has 1 aliphatic heterocycles. The van der Waals surface area contributed by atoms with Gasteiger partial charge in [0.15, 0.2) is 11.5 Å². The molecule has 0 radical (unpaired) electrons. The van der Waals surface area contributed by atoms with Crippen LogP contribution in [-0.4, -0.2) is 18.3 Å². The van der Waals surface area contributed by atoms with Gasteiger partial charge in [0.05, 0.1) is 10.1 Å². The van der Waals surface area contributed by atoms with Crippen LogP contribution in [0.1, 0.15) is 44.7 Å². The lowest BCUT2D eigenvalue weighted by Crippen LogP contribution is -2.22. The van der Waals surface area contributed by atoms with Crippen molar-refractivity contribution in [2.24, 2.45) is 0 Å². The lowest BCUT2D eigenvalue weighted by Gasteiger charge is -2.29. The first-order valence-electron chi connectivity index (χ1n) is 6.17. The minimum Gasteiger partial charge on any atom is -0.486 e. The van der Waals surface area contributed by atoms with Crippen molar-refractivity contribution in [3.63, 3.8) is 0 Å². The van der Waals surface area contributed by atoms with E-state index in [1.54, 1.807) is 13.8 Å². The highest BCUT2D eigenvalue weighted by Gasteiger charge is 2.29. The second kappa shape index (κ2) is 4.74. The molecule has 0 saturated heterocycles. The molecule has 1 aromatic carbocycles. The first-order chi connectivity index (χ1) is 8.32. The van der Waals surface area contributed by atoms with Crippen molar-refractivity contribution in [2.45, 2.75) is 39.2 Å². The number of ether oxygens (including phenoxy) is 2. The van der Waals surface area contributed by atoms with Gasteiger partial charge >= 0.3 is 0 Å². The minimum absolute atomic E-state index is 0.289. The molecule has 0 saturated carbocycles. The summed E-state index contributed by atoms with van der Waals surface area (Å²) in [6.45, 7) is 8.89. The third-order valence-corrected chi connectivity index (χ3v) is 3.84. The number of rotatable bonds is 2. The second-order valence-electron chi connectivity index (χ2n) is 5.39. The number of benzene rings is 1. The SMILES string of the molecule is CC(C)c1c(C(C)(C)O)cc2c(c1Br)OCCO2. The monoisotopic (exact) mass is 314 g/mol. The summed E-state index contributed by atoms with van der Waals surface area (Å²) in [5.74, 6) is 1.74. The molecule has 0 aromatic heterocycles. The fourth-order valence-corrected chi connectivity index (χ4v) is 3.21. The molecule has 4 heteroatoms. The molecule has 0 bridgehead atoms. The highest BCUT2D eigenvalue weighted by molar-refractivity contribution is 9.10. The molecule has 0 aliphatic carbocycles. The molecule has 0 amide bonds. The Hall–Kier alpha value is -0.740. The Morgan fingerprint density at radius 2 is 1.89 bits per heavy atom. The maximum absolute atomic E-state index is 10.3. The van der Waals surface area contributed by atoms with Gasteiger partial charge in [-0.25, -0.2) is 0 Å². The molecular formula is C14H19BrO3. The van der Waals surface area contributed by atoms with Crippen molar-refractivity contribution in [2.75, 3.05) is 13.2 Å². The number of hydrogen-bond donors (Lipinski definition) is 1. The largest absolute Gasteiger partial charge is 0.486 e. The molecule has 18 heavy (non-hydrogen) atoms. The van der Waals surface area contributed by atoms with Crippen molar-refractivity contribution >= 4 is 15.9 Å². The Morgan fingerprint density at radius 3 is 2.44 bits per heavy atom. The van der Waals surface area contributed by atoms with Crippen molar-refractivity contribution in [1.82, 2.24) is 0 Å². The van der Waals surface area contributed by atoms with Crippen molar-refractivity contribution in [1.29, 1.82) is 0 Å². The molecule has 1 N–H and O–H groups in total. The van der Waals surface area contributed by atoms with Gasteiger partial charge in [0, 0.05) is 0 Å². The Kier molecular flexibility index (Phi) is 3.60. The first-order valence-corrected chi connectivity index (χ1v) is 6.96. The highest BCUT2D eigenvalue weighted by Crippen LogP contribution is 2.46. The zero-order chi connectivity index (χ0) is 13.5. The standard InChI is InChI=1S/C14H19BrO3/c1-8(2)11-9(14(3,4)16)7-10-13(12(11)15)18-6-5-17-10/h7-8,16H,5-6H2,1-4H3. The fraction of sp³-hybridized carbons (Fsp3) is 0.571. The summed E-state index contributed by atoms with van der Waals surface area (Å²) in [7, 11) is 0. The molecule has 3 nitrogen and oxygen atoms in total. The average Bonchev–Trinajstić information content (AvgIpc) is 2.27. The highest BCUT2D eigenvalue weighted by atomic mass is 79.9. The van der Waals surface area contributed by atoms with Gasteiger partial charge in [-0.2, -0.15) is 0 Å². The van der Waals surface area contributed by atoms with Crippen LogP contribution >= 0.6 is 15.9 Å². The first kappa shape index (κ1) is 13.7. The van der Waals surface area contributed by atoms with Crippen LogP contribution in [0.2, 0.25) is 0 Å². The van der Waals surface area contributed by atoms with E-state index in [4.69, 9.17) is 9.47 Å². The zero-order valence-electron chi connectivity index (χ0n) is 11.2. The maximum atomic E-state index is 10.3.